The van der Waals surface area contributed by atoms with E-state index in [-0.39, 0.29) is 17.9 Å². The third kappa shape index (κ3) is 4.77. The second kappa shape index (κ2) is 7.11. The van der Waals surface area contributed by atoms with Gasteiger partial charge in [0.1, 0.15) is 5.75 Å². The maximum absolute atomic E-state index is 11.8. The fraction of sp³-hybridized carbons (Fsp3) is 0.500. The Morgan fingerprint density at radius 2 is 2.24 bits per heavy atom. The fourth-order valence-corrected chi connectivity index (χ4v) is 2.27. The molecule has 1 aromatic carbocycles. The Morgan fingerprint density at radius 1 is 1.43 bits per heavy atom. The summed E-state index contributed by atoms with van der Waals surface area (Å²) in [5.74, 6) is 0.841. The third-order valence-electron chi connectivity index (χ3n) is 3.56. The first-order chi connectivity index (χ1) is 10.0. The Balaban J connectivity index is 1.72. The highest BCUT2D eigenvalue weighted by atomic mass is 16.5. The molecule has 1 aliphatic rings. The summed E-state index contributed by atoms with van der Waals surface area (Å²) < 4.78 is 5.66. The Bertz CT molecular complexity index is 518. The van der Waals surface area contributed by atoms with Crippen LogP contribution >= 0.6 is 0 Å². The number of hydrogen-bond acceptors (Lipinski definition) is 3. The van der Waals surface area contributed by atoms with Crippen molar-refractivity contribution in [2.24, 2.45) is 0 Å². The Kier molecular flexibility index (Phi) is 5.20. The molecule has 1 saturated heterocycles. The summed E-state index contributed by atoms with van der Waals surface area (Å²) in [5.41, 5.74) is 2.20. The zero-order valence-corrected chi connectivity index (χ0v) is 12.6. The van der Waals surface area contributed by atoms with Gasteiger partial charge in [-0.3, -0.25) is 9.59 Å². The van der Waals surface area contributed by atoms with Crippen molar-refractivity contribution in [2.45, 2.75) is 39.2 Å². The van der Waals surface area contributed by atoms with Crippen LogP contribution in [0, 0.1) is 13.8 Å². The number of hydrogen-bond donors (Lipinski definition) is 2. The van der Waals surface area contributed by atoms with Gasteiger partial charge in [0.05, 0.1) is 13.0 Å². The summed E-state index contributed by atoms with van der Waals surface area (Å²) in [6.07, 6.45) is 1.50. The van der Waals surface area contributed by atoms with Gasteiger partial charge in [0.25, 0.3) is 0 Å². The molecule has 1 aromatic rings. The first kappa shape index (κ1) is 15.4. The molecule has 21 heavy (non-hydrogen) atoms. The molecule has 1 aliphatic heterocycles. The minimum Gasteiger partial charge on any atom is -0.493 e. The Morgan fingerprint density at radius 3 is 2.95 bits per heavy atom. The highest BCUT2D eigenvalue weighted by molar-refractivity contribution is 5.79. The summed E-state index contributed by atoms with van der Waals surface area (Å²) >= 11 is 0. The van der Waals surface area contributed by atoms with Gasteiger partial charge in [-0.2, -0.15) is 0 Å². The molecule has 0 aliphatic carbocycles. The monoisotopic (exact) mass is 290 g/mol. The molecule has 0 spiro atoms. The minimum atomic E-state index is -0.0403. The van der Waals surface area contributed by atoms with Gasteiger partial charge in [0, 0.05) is 19.0 Å². The van der Waals surface area contributed by atoms with Crippen LogP contribution in [0.2, 0.25) is 0 Å². The summed E-state index contributed by atoms with van der Waals surface area (Å²) in [6, 6.07) is 6.06. The predicted octanol–water partition coefficient (Wildman–Crippen LogP) is 1.47. The molecule has 0 aromatic heterocycles. The summed E-state index contributed by atoms with van der Waals surface area (Å²) in [5, 5.41) is 5.67. The van der Waals surface area contributed by atoms with Gasteiger partial charge < -0.3 is 15.4 Å². The Hall–Kier alpha value is -2.04. The zero-order valence-electron chi connectivity index (χ0n) is 12.6. The molecule has 0 radical (unpaired) electrons. The van der Waals surface area contributed by atoms with Crippen LogP contribution < -0.4 is 15.4 Å². The van der Waals surface area contributed by atoms with E-state index in [9.17, 15) is 9.59 Å². The van der Waals surface area contributed by atoms with E-state index in [1.807, 2.05) is 32.0 Å². The SMILES string of the molecule is Cc1ccc(C)c(OCCC(=O)NC2CCC(=O)NC2)c1. The highest BCUT2D eigenvalue weighted by Gasteiger charge is 2.19. The van der Waals surface area contributed by atoms with Crippen LogP contribution in [-0.4, -0.2) is 31.0 Å². The van der Waals surface area contributed by atoms with E-state index < -0.39 is 0 Å². The standard InChI is InChI=1S/C16H22N2O3/c1-11-3-4-12(2)14(9-11)21-8-7-16(20)18-13-5-6-15(19)17-10-13/h3-4,9,13H,5-8,10H2,1-2H3,(H,17,19)(H,18,20). The van der Waals surface area contributed by atoms with E-state index in [1.54, 1.807) is 0 Å². The molecule has 5 nitrogen and oxygen atoms in total. The van der Waals surface area contributed by atoms with Crippen molar-refractivity contribution in [3.8, 4) is 5.75 Å². The van der Waals surface area contributed by atoms with Gasteiger partial charge in [-0.1, -0.05) is 12.1 Å². The van der Waals surface area contributed by atoms with Crippen molar-refractivity contribution in [2.75, 3.05) is 13.2 Å². The normalized spacial score (nSPS) is 18.0. The van der Waals surface area contributed by atoms with Crippen LogP contribution in [0.15, 0.2) is 18.2 Å². The lowest BCUT2D eigenvalue weighted by Gasteiger charge is -2.23. The van der Waals surface area contributed by atoms with E-state index in [2.05, 4.69) is 10.6 Å². The molecular weight excluding hydrogens is 268 g/mol. The molecule has 5 heteroatoms. The number of carbonyl (C=O) groups is 2. The van der Waals surface area contributed by atoms with E-state index in [4.69, 9.17) is 4.74 Å². The molecule has 2 N–H and O–H groups in total. The first-order valence-corrected chi connectivity index (χ1v) is 7.30. The zero-order chi connectivity index (χ0) is 15.2. The average Bonchev–Trinajstić information content (AvgIpc) is 2.45. The molecule has 1 unspecified atom stereocenters. The largest absolute Gasteiger partial charge is 0.493 e. The molecule has 0 bridgehead atoms. The molecule has 1 atom stereocenters. The lowest BCUT2D eigenvalue weighted by atomic mass is 10.1. The number of carbonyl (C=O) groups excluding carboxylic acids is 2. The lowest BCUT2D eigenvalue weighted by molar-refractivity contribution is -0.125. The summed E-state index contributed by atoms with van der Waals surface area (Å²) in [7, 11) is 0. The number of amides is 2. The predicted molar refractivity (Wildman–Crippen MR) is 80.2 cm³/mol. The van der Waals surface area contributed by atoms with Crippen molar-refractivity contribution in [3.05, 3.63) is 29.3 Å². The third-order valence-corrected chi connectivity index (χ3v) is 3.56. The van der Waals surface area contributed by atoms with Crippen molar-refractivity contribution in [1.82, 2.24) is 10.6 Å². The van der Waals surface area contributed by atoms with Gasteiger partial charge in [-0.15, -0.1) is 0 Å². The van der Waals surface area contributed by atoms with Crippen LogP contribution in [0.5, 0.6) is 5.75 Å². The minimum absolute atomic E-state index is 0.0379. The fourth-order valence-electron chi connectivity index (χ4n) is 2.27. The van der Waals surface area contributed by atoms with E-state index in [0.717, 1.165) is 16.9 Å². The van der Waals surface area contributed by atoms with Gasteiger partial charge in [0.15, 0.2) is 0 Å². The summed E-state index contributed by atoms with van der Waals surface area (Å²) in [6.45, 7) is 4.87. The van der Waals surface area contributed by atoms with Gasteiger partial charge in [-0.05, 0) is 37.5 Å². The number of nitrogens with one attached hydrogen (secondary N) is 2. The van der Waals surface area contributed by atoms with Crippen molar-refractivity contribution in [1.29, 1.82) is 0 Å². The van der Waals surface area contributed by atoms with Crippen LogP contribution in [0.4, 0.5) is 0 Å². The molecule has 2 rings (SSSR count). The van der Waals surface area contributed by atoms with Crippen LogP contribution in [-0.2, 0) is 9.59 Å². The average molecular weight is 290 g/mol. The van der Waals surface area contributed by atoms with Crippen molar-refractivity contribution >= 4 is 11.8 Å². The van der Waals surface area contributed by atoms with Crippen LogP contribution in [0.25, 0.3) is 0 Å². The maximum atomic E-state index is 11.8. The van der Waals surface area contributed by atoms with E-state index >= 15 is 0 Å². The van der Waals surface area contributed by atoms with Crippen LogP contribution in [0.3, 0.4) is 0 Å². The second-order valence-corrected chi connectivity index (χ2v) is 5.47. The molecule has 1 fully saturated rings. The number of piperidine rings is 1. The highest BCUT2D eigenvalue weighted by Crippen LogP contribution is 2.19. The number of rotatable bonds is 5. The summed E-state index contributed by atoms with van der Waals surface area (Å²) in [4.78, 5) is 22.9. The van der Waals surface area contributed by atoms with Gasteiger partial charge in [-0.25, -0.2) is 0 Å². The second-order valence-electron chi connectivity index (χ2n) is 5.47. The first-order valence-electron chi connectivity index (χ1n) is 7.30. The van der Waals surface area contributed by atoms with E-state index in [0.29, 0.717) is 32.4 Å². The quantitative estimate of drug-likeness (QED) is 0.863. The maximum Gasteiger partial charge on any atom is 0.223 e. The topological polar surface area (TPSA) is 67.4 Å². The molecule has 0 saturated carbocycles. The smallest absolute Gasteiger partial charge is 0.223 e. The molecule has 1 heterocycles. The van der Waals surface area contributed by atoms with Crippen molar-refractivity contribution in [3.63, 3.8) is 0 Å². The van der Waals surface area contributed by atoms with Gasteiger partial charge in [0.2, 0.25) is 11.8 Å². The van der Waals surface area contributed by atoms with Crippen LogP contribution in [0.1, 0.15) is 30.4 Å². The van der Waals surface area contributed by atoms with Crippen molar-refractivity contribution < 1.29 is 14.3 Å². The van der Waals surface area contributed by atoms with E-state index in [1.165, 1.54) is 0 Å². The molecular formula is C16H22N2O3. The number of ether oxygens (including phenoxy) is 1. The molecule has 114 valence electrons. The lowest BCUT2D eigenvalue weighted by Crippen LogP contribution is -2.47. The van der Waals surface area contributed by atoms with Gasteiger partial charge >= 0.3 is 0 Å². The number of aryl methyl sites for hydroxylation is 2. The molecule has 2 amide bonds. The number of benzene rings is 1. The Labute approximate surface area is 125 Å².